The van der Waals surface area contributed by atoms with Gasteiger partial charge in [-0.1, -0.05) is 12.2 Å². The maximum Gasteiger partial charge on any atom is 0.0655 e. The number of rotatable bonds is 2. The van der Waals surface area contributed by atoms with Gasteiger partial charge in [0.25, 0.3) is 0 Å². The van der Waals surface area contributed by atoms with E-state index in [0.717, 1.165) is 13.0 Å². The van der Waals surface area contributed by atoms with E-state index in [1.54, 1.807) is 0 Å². The molecule has 62 valence electrons. The highest BCUT2D eigenvalue weighted by molar-refractivity contribution is 6.25. The van der Waals surface area contributed by atoms with Gasteiger partial charge in [0.2, 0.25) is 0 Å². The van der Waals surface area contributed by atoms with Crippen molar-refractivity contribution in [2.24, 2.45) is 0 Å². The molecule has 1 aliphatic rings. The van der Waals surface area contributed by atoms with E-state index in [1.807, 2.05) is 19.1 Å². The summed E-state index contributed by atoms with van der Waals surface area (Å²) in [7, 11) is 0. The third-order valence-corrected chi connectivity index (χ3v) is 1.94. The Kier molecular flexibility index (Phi) is 2.61. The molecule has 1 nitrogen and oxygen atoms in total. The second-order valence-corrected chi connectivity index (χ2v) is 3.90. The lowest BCUT2D eigenvalue weighted by Crippen LogP contribution is -2.23. The normalized spacial score (nSPS) is 29.9. The van der Waals surface area contributed by atoms with Crippen molar-refractivity contribution in [3.05, 3.63) is 23.9 Å². The fourth-order valence-corrected chi connectivity index (χ4v) is 1.42. The van der Waals surface area contributed by atoms with Crippen LogP contribution in [-0.2, 0) is 0 Å². The first-order valence-electron chi connectivity index (χ1n) is 3.95. The lowest BCUT2D eigenvalue weighted by molar-refractivity contribution is 0.683. The van der Waals surface area contributed by atoms with E-state index in [1.165, 1.54) is 5.70 Å². The highest BCUT2D eigenvalue weighted by atomic mass is 35.5. The minimum atomic E-state index is -0.188. The topological polar surface area (TPSA) is 12.0 Å². The second kappa shape index (κ2) is 3.31. The number of nitrogens with one attached hydrogen (secondary N) is 1. The first kappa shape index (κ1) is 8.66. The Morgan fingerprint density at radius 3 is 3.00 bits per heavy atom. The molecule has 0 radical (unpaired) electrons. The van der Waals surface area contributed by atoms with Crippen LogP contribution in [0.3, 0.4) is 0 Å². The van der Waals surface area contributed by atoms with Gasteiger partial charge in [-0.15, -0.1) is 11.6 Å². The molecule has 0 bridgehead atoms. The first-order chi connectivity index (χ1) is 5.14. The van der Waals surface area contributed by atoms with E-state index < -0.39 is 0 Å². The van der Waals surface area contributed by atoms with Gasteiger partial charge < -0.3 is 5.32 Å². The van der Waals surface area contributed by atoms with E-state index in [9.17, 15) is 0 Å². The SMILES string of the molecule is CCNC1=CC=CC(C)(Cl)C1. The van der Waals surface area contributed by atoms with Gasteiger partial charge in [0.05, 0.1) is 4.87 Å². The molecule has 0 amide bonds. The van der Waals surface area contributed by atoms with Crippen molar-refractivity contribution < 1.29 is 0 Å². The van der Waals surface area contributed by atoms with Crippen LogP contribution in [0.1, 0.15) is 20.3 Å². The van der Waals surface area contributed by atoms with Crippen LogP contribution < -0.4 is 5.32 Å². The zero-order valence-electron chi connectivity index (χ0n) is 7.02. The molecule has 0 fully saturated rings. The van der Waals surface area contributed by atoms with Crippen LogP contribution in [0.2, 0.25) is 0 Å². The van der Waals surface area contributed by atoms with Crippen molar-refractivity contribution in [3.8, 4) is 0 Å². The number of hydrogen-bond acceptors (Lipinski definition) is 1. The average molecular weight is 172 g/mol. The zero-order chi connectivity index (χ0) is 8.32. The highest BCUT2D eigenvalue weighted by Crippen LogP contribution is 2.27. The molecular formula is C9H14ClN. The van der Waals surface area contributed by atoms with Crippen molar-refractivity contribution in [3.63, 3.8) is 0 Å². The molecule has 1 rings (SSSR count). The van der Waals surface area contributed by atoms with Crippen molar-refractivity contribution in [2.75, 3.05) is 6.54 Å². The minimum Gasteiger partial charge on any atom is -0.389 e. The number of allylic oxidation sites excluding steroid dienone is 4. The van der Waals surface area contributed by atoms with E-state index in [4.69, 9.17) is 11.6 Å². The molecule has 1 aliphatic carbocycles. The van der Waals surface area contributed by atoms with Crippen LogP contribution in [-0.4, -0.2) is 11.4 Å². The monoisotopic (exact) mass is 171 g/mol. The van der Waals surface area contributed by atoms with Gasteiger partial charge in [-0.2, -0.15) is 0 Å². The fraction of sp³-hybridized carbons (Fsp3) is 0.556. The number of hydrogen-bond donors (Lipinski definition) is 1. The van der Waals surface area contributed by atoms with Crippen LogP contribution >= 0.6 is 11.6 Å². The van der Waals surface area contributed by atoms with Crippen LogP contribution in [0.5, 0.6) is 0 Å². The van der Waals surface area contributed by atoms with Crippen molar-refractivity contribution in [1.82, 2.24) is 5.32 Å². The minimum absolute atomic E-state index is 0.188. The number of halogens is 1. The molecule has 11 heavy (non-hydrogen) atoms. The molecular weight excluding hydrogens is 158 g/mol. The van der Waals surface area contributed by atoms with Crippen molar-refractivity contribution in [2.45, 2.75) is 25.1 Å². The summed E-state index contributed by atoms with van der Waals surface area (Å²) in [6.07, 6.45) is 7.01. The summed E-state index contributed by atoms with van der Waals surface area (Å²) >= 11 is 6.13. The molecule has 1 N–H and O–H groups in total. The predicted octanol–water partition coefficient (Wildman–Crippen LogP) is 2.44. The Morgan fingerprint density at radius 2 is 2.45 bits per heavy atom. The summed E-state index contributed by atoms with van der Waals surface area (Å²) in [4.78, 5) is -0.188. The van der Waals surface area contributed by atoms with Gasteiger partial charge in [0.15, 0.2) is 0 Å². The van der Waals surface area contributed by atoms with Crippen LogP contribution in [0, 0.1) is 0 Å². The molecule has 1 atom stereocenters. The molecule has 2 heteroatoms. The average Bonchev–Trinajstić information content (AvgIpc) is 1.85. The summed E-state index contributed by atoms with van der Waals surface area (Å²) in [5.41, 5.74) is 1.23. The second-order valence-electron chi connectivity index (χ2n) is 3.04. The molecule has 0 aromatic heterocycles. The summed E-state index contributed by atoms with van der Waals surface area (Å²) in [6, 6.07) is 0. The first-order valence-corrected chi connectivity index (χ1v) is 4.33. The van der Waals surface area contributed by atoms with Gasteiger partial charge in [-0.05, 0) is 19.9 Å². The lowest BCUT2D eigenvalue weighted by atomic mass is 9.99. The number of alkyl halides is 1. The van der Waals surface area contributed by atoms with E-state index >= 15 is 0 Å². The fourth-order valence-electron chi connectivity index (χ4n) is 1.20. The summed E-state index contributed by atoms with van der Waals surface area (Å²) in [5.74, 6) is 0. The summed E-state index contributed by atoms with van der Waals surface area (Å²) < 4.78 is 0. The van der Waals surface area contributed by atoms with Gasteiger partial charge in [-0.25, -0.2) is 0 Å². The summed E-state index contributed by atoms with van der Waals surface area (Å²) in [6.45, 7) is 5.08. The Balaban J connectivity index is 2.58. The van der Waals surface area contributed by atoms with Crippen LogP contribution in [0.4, 0.5) is 0 Å². The van der Waals surface area contributed by atoms with E-state index in [2.05, 4.69) is 18.3 Å². The maximum atomic E-state index is 6.13. The smallest absolute Gasteiger partial charge is 0.0655 e. The van der Waals surface area contributed by atoms with E-state index in [0.29, 0.717) is 0 Å². The van der Waals surface area contributed by atoms with Gasteiger partial charge in [0, 0.05) is 18.7 Å². The molecule has 0 heterocycles. The summed E-state index contributed by atoms with van der Waals surface area (Å²) in [5, 5.41) is 3.27. The molecule has 0 aromatic rings. The van der Waals surface area contributed by atoms with E-state index in [-0.39, 0.29) is 4.87 Å². The van der Waals surface area contributed by atoms with Crippen LogP contribution in [0.15, 0.2) is 23.9 Å². The molecule has 0 saturated carbocycles. The van der Waals surface area contributed by atoms with Gasteiger partial charge in [0.1, 0.15) is 0 Å². The molecule has 0 spiro atoms. The van der Waals surface area contributed by atoms with Crippen molar-refractivity contribution >= 4 is 11.6 Å². The Morgan fingerprint density at radius 1 is 1.73 bits per heavy atom. The van der Waals surface area contributed by atoms with Gasteiger partial charge in [-0.3, -0.25) is 0 Å². The standard InChI is InChI=1S/C9H14ClN/c1-3-11-8-5-4-6-9(2,10)7-8/h4-6,11H,3,7H2,1-2H3. The van der Waals surface area contributed by atoms with Crippen molar-refractivity contribution in [1.29, 1.82) is 0 Å². The zero-order valence-corrected chi connectivity index (χ0v) is 7.78. The molecule has 0 aliphatic heterocycles. The third kappa shape index (κ3) is 2.58. The Labute approximate surface area is 73.1 Å². The third-order valence-electron chi connectivity index (χ3n) is 1.68. The highest BCUT2D eigenvalue weighted by Gasteiger charge is 2.20. The van der Waals surface area contributed by atoms with Crippen LogP contribution in [0.25, 0.3) is 0 Å². The largest absolute Gasteiger partial charge is 0.389 e. The maximum absolute atomic E-state index is 6.13. The quantitative estimate of drug-likeness (QED) is 0.630. The lowest BCUT2D eigenvalue weighted by Gasteiger charge is -2.23. The Bertz CT molecular complexity index is 192. The van der Waals surface area contributed by atoms with Gasteiger partial charge >= 0.3 is 0 Å². The predicted molar refractivity (Wildman–Crippen MR) is 49.8 cm³/mol. The molecule has 1 unspecified atom stereocenters. The Hall–Kier alpha value is -0.430. The molecule has 0 saturated heterocycles. The molecule has 0 aromatic carbocycles.